The Labute approximate surface area is 184 Å². The molecule has 0 radical (unpaired) electrons. The van der Waals surface area contributed by atoms with Crippen molar-refractivity contribution in [2.45, 2.75) is 63.6 Å². The van der Waals surface area contributed by atoms with E-state index in [0.717, 1.165) is 42.2 Å². The maximum atomic E-state index is 13.7. The first kappa shape index (κ1) is 19.3. The van der Waals surface area contributed by atoms with Crippen LogP contribution in [0.15, 0.2) is 42.6 Å². The van der Waals surface area contributed by atoms with Gasteiger partial charge < -0.3 is 19.5 Å². The Kier molecular flexibility index (Phi) is 4.55. The van der Waals surface area contributed by atoms with Crippen LogP contribution in [0.1, 0.15) is 62.7 Å². The molecule has 1 aromatic heterocycles. The number of ether oxygens (including phenoxy) is 1. The van der Waals surface area contributed by atoms with Crippen molar-refractivity contribution in [1.29, 1.82) is 0 Å². The first-order valence-corrected chi connectivity index (χ1v) is 12.1. The van der Waals surface area contributed by atoms with E-state index in [2.05, 4.69) is 45.2 Å². The number of nitrogens with one attached hydrogen (secondary N) is 1. The van der Waals surface area contributed by atoms with Gasteiger partial charge in [0.25, 0.3) is 0 Å². The summed E-state index contributed by atoms with van der Waals surface area (Å²) in [5.74, 6) is 3.35. The van der Waals surface area contributed by atoms with Crippen LogP contribution in [0.4, 0.5) is 4.79 Å². The minimum absolute atomic E-state index is 0.0364. The number of carbonyl (C=O) groups excluding carboxylic acids is 1. The number of nitrogens with zero attached hydrogens (tertiary/aromatic N) is 2. The van der Waals surface area contributed by atoms with Crippen LogP contribution in [0.5, 0.6) is 5.75 Å². The number of amides is 2. The molecule has 4 bridgehead atoms. The van der Waals surface area contributed by atoms with E-state index in [9.17, 15) is 4.79 Å². The van der Waals surface area contributed by atoms with E-state index >= 15 is 0 Å². The third-order valence-electron chi connectivity index (χ3n) is 8.22. The molecule has 5 aliphatic rings. The first-order valence-electron chi connectivity index (χ1n) is 12.1. The van der Waals surface area contributed by atoms with Gasteiger partial charge in [-0.15, -0.1) is 0 Å². The molecular weight excluding hydrogens is 386 g/mol. The maximum absolute atomic E-state index is 13.7. The van der Waals surface area contributed by atoms with E-state index in [4.69, 9.17) is 4.74 Å². The van der Waals surface area contributed by atoms with Gasteiger partial charge in [0.1, 0.15) is 5.75 Å². The van der Waals surface area contributed by atoms with Gasteiger partial charge in [-0.25, -0.2) is 4.79 Å². The Morgan fingerprint density at radius 2 is 1.71 bits per heavy atom. The van der Waals surface area contributed by atoms with Crippen molar-refractivity contribution in [2.75, 3.05) is 13.2 Å². The molecule has 0 spiro atoms. The van der Waals surface area contributed by atoms with Crippen LogP contribution in [0.2, 0.25) is 0 Å². The highest BCUT2D eigenvalue weighted by atomic mass is 16.5. The summed E-state index contributed by atoms with van der Waals surface area (Å²) in [6.07, 6.45) is 9.85. The van der Waals surface area contributed by atoms with Crippen molar-refractivity contribution in [2.24, 2.45) is 17.8 Å². The number of benzene rings is 1. The number of carbonyl (C=O) groups is 1. The number of hydrogen-bond acceptors (Lipinski definition) is 2. The van der Waals surface area contributed by atoms with Crippen molar-refractivity contribution in [3.63, 3.8) is 0 Å². The fourth-order valence-corrected chi connectivity index (χ4v) is 7.43. The zero-order chi connectivity index (χ0) is 21.0. The maximum Gasteiger partial charge on any atom is 0.318 e. The lowest BCUT2D eigenvalue weighted by atomic mass is 9.53. The monoisotopic (exact) mass is 419 g/mol. The normalized spacial score (nSPS) is 33.3. The van der Waals surface area contributed by atoms with Crippen LogP contribution < -0.4 is 10.1 Å². The van der Waals surface area contributed by atoms with Crippen LogP contribution in [0, 0.1) is 17.8 Å². The van der Waals surface area contributed by atoms with E-state index in [-0.39, 0.29) is 17.6 Å². The van der Waals surface area contributed by atoms with Crippen molar-refractivity contribution in [1.82, 2.24) is 14.8 Å². The second-order valence-electron chi connectivity index (χ2n) is 10.4. The molecule has 2 heterocycles. The highest BCUT2D eigenvalue weighted by molar-refractivity contribution is 5.76. The molecule has 4 fully saturated rings. The lowest BCUT2D eigenvalue weighted by Crippen LogP contribution is -2.62. The summed E-state index contributed by atoms with van der Waals surface area (Å²) in [6, 6.07) is 12.6. The molecule has 5 nitrogen and oxygen atoms in total. The van der Waals surface area contributed by atoms with Gasteiger partial charge in [0.05, 0.1) is 12.6 Å². The average Bonchev–Trinajstić information content (AvgIpc) is 3.21. The molecule has 1 N–H and O–H groups in total. The molecule has 1 atom stereocenters. The SMILES string of the molecule is CCOc1ccc(C2c3cccn3CCN2C(=O)NC23CC4CC(CC(C4)C2)C3)cc1. The number of fused-ring (bicyclic) bond motifs is 1. The third-order valence-corrected chi connectivity index (χ3v) is 8.22. The first-order chi connectivity index (χ1) is 15.1. The van der Waals surface area contributed by atoms with E-state index in [1.54, 1.807) is 0 Å². The van der Waals surface area contributed by atoms with E-state index < -0.39 is 0 Å². The summed E-state index contributed by atoms with van der Waals surface area (Å²) in [5, 5.41) is 3.60. The molecule has 0 saturated heterocycles. The molecule has 1 aliphatic heterocycles. The summed E-state index contributed by atoms with van der Waals surface area (Å²) < 4.78 is 7.93. The molecule has 164 valence electrons. The fraction of sp³-hybridized carbons (Fsp3) is 0.577. The minimum atomic E-state index is -0.0617. The van der Waals surface area contributed by atoms with E-state index in [1.165, 1.54) is 44.2 Å². The molecular formula is C26H33N3O2. The molecule has 31 heavy (non-hydrogen) atoms. The summed E-state index contributed by atoms with van der Waals surface area (Å²) in [5.41, 5.74) is 2.37. The predicted octanol–water partition coefficient (Wildman–Crippen LogP) is 4.97. The quantitative estimate of drug-likeness (QED) is 0.761. The number of aromatic nitrogens is 1. The lowest BCUT2D eigenvalue weighted by molar-refractivity contribution is -0.0165. The third kappa shape index (κ3) is 3.33. The largest absolute Gasteiger partial charge is 0.494 e. The molecule has 2 amide bonds. The van der Waals surface area contributed by atoms with Crippen LogP contribution in [-0.2, 0) is 6.54 Å². The summed E-state index contributed by atoms with van der Waals surface area (Å²) >= 11 is 0. The van der Waals surface area contributed by atoms with Crippen molar-refractivity contribution >= 4 is 6.03 Å². The molecule has 2 aromatic rings. The van der Waals surface area contributed by atoms with Crippen LogP contribution >= 0.6 is 0 Å². The average molecular weight is 420 g/mol. The zero-order valence-electron chi connectivity index (χ0n) is 18.4. The molecule has 4 saturated carbocycles. The fourth-order valence-electron chi connectivity index (χ4n) is 7.43. The van der Waals surface area contributed by atoms with Gasteiger partial charge >= 0.3 is 6.03 Å². The standard InChI is InChI=1S/C26H33N3O2/c1-2-31-22-7-5-21(6-8-22)24-23-4-3-9-28(23)10-11-29(24)25(30)27-26-15-18-12-19(16-26)14-20(13-18)17-26/h3-9,18-20,24H,2,10-17H2,1H3,(H,27,30). The minimum Gasteiger partial charge on any atom is -0.494 e. The van der Waals surface area contributed by atoms with Crippen LogP contribution in [0.3, 0.4) is 0 Å². The van der Waals surface area contributed by atoms with Gasteiger partial charge in [-0.2, -0.15) is 0 Å². The predicted molar refractivity (Wildman–Crippen MR) is 120 cm³/mol. The van der Waals surface area contributed by atoms with Crippen molar-refractivity contribution < 1.29 is 9.53 Å². The van der Waals surface area contributed by atoms with E-state index in [1.807, 2.05) is 19.1 Å². The summed E-state index contributed by atoms with van der Waals surface area (Å²) in [7, 11) is 0. The number of rotatable bonds is 4. The summed E-state index contributed by atoms with van der Waals surface area (Å²) in [4.78, 5) is 15.8. The van der Waals surface area contributed by atoms with Crippen LogP contribution in [-0.4, -0.2) is 34.2 Å². The number of hydrogen-bond donors (Lipinski definition) is 1. The van der Waals surface area contributed by atoms with Crippen molar-refractivity contribution in [3.05, 3.63) is 53.9 Å². The van der Waals surface area contributed by atoms with Gasteiger partial charge in [-0.05, 0) is 93.0 Å². The topological polar surface area (TPSA) is 46.5 Å². The molecule has 1 unspecified atom stereocenters. The van der Waals surface area contributed by atoms with Gasteiger partial charge in [0, 0.05) is 30.5 Å². The lowest BCUT2D eigenvalue weighted by Gasteiger charge is -2.57. The van der Waals surface area contributed by atoms with Crippen molar-refractivity contribution in [3.8, 4) is 5.75 Å². The smallest absolute Gasteiger partial charge is 0.318 e. The summed E-state index contributed by atoms with van der Waals surface area (Å²) in [6.45, 7) is 4.24. The Balaban J connectivity index is 1.28. The Morgan fingerprint density at radius 1 is 1.03 bits per heavy atom. The van der Waals surface area contributed by atoms with Crippen LogP contribution in [0.25, 0.3) is 0 Å². The molecule has 4 aliphatic carbocycles. The highest BCUT2D eigenvalue weighted by Gasteiger charge is 2.52. The van der Waals surface area contributed by atoms with Gasteiger partial charge in [0.2, 0.25) is 0 Å². The van der Waals surface area contributed by atoms with Gasteiger partial charge in [0.15, 0.2) is 0 Å². The Hall–Kier alpha value is -2.43. The second kappa shape index (κ2) is 7.32. The van der Waals surface area contributed by atoms with Gasteiger partial charge in [-0.3, -0.25) is 0 Å². The number of urea groups is 1. The second-order valence-corrected chi connectivity index (χ2v) is 10.4. The Bertz CT molecular complexity index is 928. The molecule has 7 rings (SSSR count). The highest BCUT2D eigenvalue weighted by Crippen LogP contribution is 2.55. The van der Waals surface area contributed by atoms with Gasteiger partial charge in [-0.1, -0.05) is 12.1 Å². The molecule has 5 heteroatoms. The Morgan fingerprint density at radius 3 is 2.35 bits per heavy atom. The zero-order valence-corrected chi connectivity index (χ0v) is 18.4. The van der Waals surface area contributed by atoms with E-state index in [0.29, 0.717) is 6.61 Å². The molecule has 1 aromatic carbocycles.